The van der Waals surface area contributed by atoms with E-state index in [1.807, 2.05) is 36.4 Å². The fourth-order valence-corrected chi connectivity index (χ4v) is 3.35. The maximum absolute atomic E-state index is 12.7. The number of amides is 1. The summed E-state index contributed by atoms with van der Waals surface area (Å²) in [4.78, 5) is 27.1. The molecule has 0 radical (unpaired) electrons. The van der Waals surface area contributed by atoms with Crippen LogP contribution in [0.25, 0.3) is 0 Å². The van der Waals surface area contributed by atoms with Crippen molar-refractivity contribution in [1.82, 2.24) is 0 Å². The number of nitrogens with zero attached hydrogens (tertiary/aromatic N) is 1. The first kappa shape index (κ1) is 16.6. The summed E-state index contributed by atoms with van der Waals surface area (Å²) in [5.74, 6) is -0.762. The highest BCUT2D eigenvalue weighted by atomic mass is 16.5. The lowest BCUT2D eigenvalue weighted by atomic mass is 9.98. The fourth-order valence-electron chi connectivity index (χ4n) is 3.35. The Balaban J connectivity index is 1.52. The maximum atomic E-state index is 12.7. The Hall–Kier alpha value is -2.86. The number of cyclic esters (lactones) is 1. The molecule has 1 saturated heterocycles. The van der Waals surface area contributed by atoms with Gasteiger partial charge in [-0.15, -0.1) is 0 Å². The van der Waals surface area contributed by atoms with E-state index >= 15 is 0 Å². The van der Waals surface area contributed by atoms with E-state index in [2.05, 4.69) is 10.2 Å². The molecule has 4 rings (SSSR count). The predicted octanol–water partition coefficient (Wildman–Crippen LogP) is 2.24. The van der Waals surface area contributed by atoms with Gasteiger partial charge in [0, 0.05) is 19.5 Å². The van der Waals surface area contributed by atoms with Crippen LogP contribution < -0.4 is 10.2 Å². The standard InChI is InChI=1S/C20H20N2O4/c23-19(18-13-14-5-1-2-6-15(14)20(24)26-18)21-16-7-3-4-8-17(16)22-9-11-25-12-10-22/h1-8,18H,9-13H2,(H,21,23)/t18-/m1/s1. The van der Waals surface area contributed by atoms with Crippen LogP contribution in [0.5, 0.6) is 0 Å². The Labute approximate surface area is 151 Å². The molecule has 2 aromatic rings. The van der Waals surface area contributed by atoms with Crippen LogP contribution in [0.15, 0.2) is 48.5 Å². The SMILES string of the molecule is O=C1O[C@@H](C(=O)Nc2ccccc2N2CCOCC2)Cc2ccccc21. The average Bonchev–Trinajstić information content (AvgIpc) is 2.69. The Morgan fingerprint density at radius 3 is 2.62 bits per heavy atom. The first-order valence-corrected chi connectivity index (χ1v) is 8.74. The minimum atomic E-state index is -0.824. The molecule has 2 aromatic carbocycles. The highest BCUT2D eigenvalue weighted by molar-refractivity contribution is 6.01. The van der Waals surface area contributed by atoms with Crippen LogP contribution in [0.1, 0.15) is 15.9 Å². The van der Waals surface area contributed by atoms with Gasteiger partial charge in [0.2, 0.25) is 0 Å². The highest BCUT2D eigenvalue weighted by Crippen LogP contribution is 2.28. The lowest BCUT2D eigenvalue weighted by Gasteiger charge is -2.31. The zero-order valence-electron chi connectivity index (χ0n) is 14.3. The smallest absolute Gasteiger partial charge is 0.339 e. The van der Waals surface area contributed by atoms with Gasteiger partial charge in [-0.05, 0) is 23.8 Å². The molecule has 0 unspecified atom stereocenters. The molecule has 6 nitrogen and oxygen atoms in total. The number of carbonyl (C=O) groups excluding carboxylic acids is 2. The Kier molecular flexibility index (Phi) is 4.58. The number of anilines is 2. The Morgan fingerprint density at radius 1 is 1.04 bits per heavy atom. The van der Waals surface area contributed by atoms with Crippen LogP contribution in [-0.4, -0.2) is 44.3 Å². The van der Waals surface area contributed by atoms with Crippen molar-refractivity contribution in [3.8, 4) is 0 Å². The molecule has 1 atom stereocenters. The van der Waals surface area contributed by atoms with Gasteiger partial charge in [-0.25, -0.2) is 4.79 Å². The molecule has 1 fully saturated rings. The first-order valence-electron chi connectivity index (χ1n) is 8.74. The molecular formula is C20H20N2O4. The number of nitrogens with one attached hydrogen (secondary N) is 1. The van der Waals surface area contributed by atoms with Gasteiger partial charge in [0.25, 0.3) is 5.91 Å². The first-order chi connectivity index (χ1) is 12.7. The summed E-state index contributed by atoms with van der Waals surface area (Å²) in [5, 5.41) is 2.93. The molecule has 0 spiro atoms. The van der Waals surface area contributed by atoms with Crippen LogP contribution in [0.3, 0.4) is 0 Å². The van der Waals surface area contributed by atoms with Crippen LogP contribution in [0.2, 0.25) is 0 Å². The molecule has 0 aliphatic carbocycles. The fraction of sp³-hybridized carbons (Fsp3) is 0.300. The van der Waals surface area contributed by atoms with Gasteiger partial charge >= 0.3 is 5.97 Å². The summed E-state index contributed by atoms with van der Waals surface area (Å²) in [6.45, 7) is 2.88. The van der Waals surface area contributed by atoms with Gasteiger partial charge in [-0.3, -0.25) is 4.79 Å². The van der Waals surface area contributed by atoms with E-state index in [9.17, 15) is 9.59 Å². The van der Waals surface area contributed by atoms with Crippen molar-refractivity contribution in [2.45, 2.75) is 12.5 Å². The van der Waals surface area contributed by atoms with Crippen molar-refractivity contribution >= 4 is 23.3 Å². The van der Waals surface area contributed by atoms with Crippen molar-refractivity contribution < 1.29 is 19.1 Å². The van der Waals surface area contributed by atoms with E-state index in [4.69, 9.17) is 9.47 Å². The summed E-state index contributed by atoms with van der Waals surface area (Å²) < 4.78 is 10.7. The maximum Gasteiger partial charge on any atom is 0.339 e. The zero-order chi connectivity index (χ0) is 17.9. The zero-order valence-corrected chi connectivity index (χ0v) is 14.3. The molecule has 0 saturated carbocycles. The molecular weight excluding hydrogens is 332 g/mol. The molecule has 134 valence electrons. The third-order valence-corrected chi connectivity index (χ3v) is 4.70. The number of esters is 1. The largest absolute Gasteiger partial charge is 0.448 e. The minimum absolute atomic E-state index is 0.312. The molecule has 2 heterocycles. The summed E-state index contributed by atoms with van der Waals surface area (Å²) in [6.07, 6.45) is -0.442. The van der Waals surface area contributed by atoms with Crippen molar-refractivity contribution in [1.29, 1.82) is 0 Å². The minimum Gasteiger partial charge on any atom is -0.448 e. The molecule has 0 aromatic heterocycles. The second kappa shape index (κ2) is 7.17. The van der Waals surface area contributed by atoms with Crippen molar-refractivity contribution in [2.75, 3.05) is 36.5 Å². The number of hydrogen-bond donors (Lipinski definition) is 1. The second-order valence-electron chi connectivity index (χ2n) is 6.36. The Morgan fingerprint density at radius 2 is 1.77 bits per heavy atom. The molecule has 2 aliphatic rings. The lowest BCUT2D eigenvalue weighted by molar-refractivity contribution is -0.125. The van der Waals surface area contributed by atoms with Gasteiger partial charge < -0.3 is 19.7 Å². The number of carbonyl (C=O) groups is 2. The second-order valence-corrected chi connectivity index (χ2v) is 6.36. The van der Waals surface area contributed by atoms with Gasteiger partial charge in [0.1, 0.15) is 0 Å². The quantitative estimate of drug-likeness (QED) is 0.858. The lowest BCUT2D eigenvalue weighted by Crippen LogP contribution is -2.39. The number of fused-ring (bicyclic) bond motifs is 1. The number of hydrogen-bond acceptors (Lipinski definition) is 5. The summed E-state index contributed by atoms with van der Waals surface area (Å²) in [7, 11) is 0. The number of morpholine rings is 1. The Bertz CT molecular complexity index is 830. The van der Waals surface area contributed by atoms with E-state index in [1.54, 1.807) is 12.1 Å². The van der Waals surface area contributed by atoms with Crippen molar-refractivity contribution in [2.24, 2.45) is 0 Å². The van der Waals surface area contributed by atoms with Gasteiger partial charge in [0.05, 0.1) is 30.2 Å². The van der Waals surface area contributed by atoms with Crippen LogP contribution in [0, 0.1) is 0 Å². The average molecular weight is 352 g/mol. The summed E-state index contributed by atoms with van der Waals surface area (Å²) >= 11 is 0. The van der Waals surface area contributed by atoms with Gasteiger partial charge in [0.15, 0.2) is 6.10 Å². The summed E-state index contributed by atoms with van der Waals surface area (Å²) in [6, 6.07) is 14.9. The van der Waals surface area contributed by atoms with E-state index < -0.39 is 12.1 Å². The monoisotopic (exact) mass is 352 g/mol. The number of ether oxygens (including phenoxy) is 2. The van der Waals surface area contributed by atoms with E-state index in [0.717, 1.165) is 24.3 Å². The molecule has 26 heavy (non-hydrogen) atoms. The van der Waals surface area contributed by atoms with Crippen LogP contribution in [0.4, 0.5) is 11.4 Å². The normalized spacial score (nSPS) is 19.5. The summed E-state index contributed by atoms with van der Waals surface area (Å²) in [5.41, 5.74) is 3.04. The van der Waals surface area contributed by atoms with E-state index in [-0.39, 0.29) is 5.91 Å². The third kappa shape index (κ3) is 3.28. The molecule has 1 amide bonds. The van der Waals surface area contributed by atoms with Crippen LogP contribution >= 0.6 is 0 Å². The van der Waals surface area contributed by atoms with E-state index in [1.165, 1.54) is 0 Å². The van der Waals surface area contributed by atoms with Gasteiger partial charge in [-0.2, -0.15) is 0 Å². The third-order valence-electron chi connectivity index (χ3n) is 4.70. The van der Waals surface area contributed by atoms with Crippen molar-refractivity contribution in [3.63, 3.8) is 0 Å². The van der Waals surface area contributed by atoms with Crippen LogP contribution in [-0.2, 0) is 20.7 Å². The number of rotatable bonds is 3. The van der Waals surface area contributed by atoms with Gasteiger partial charge in [-0.1, -0.05) is 30.3 Å². The molecule has 0 bridgehead atoms. The molecule has 1 N–H and O–H groups in total. The van der Waals surface area contributed by atoms with E-state index in [0.29, 0.717) is 30.9 Å². The highest BCUT2D eigenvalue weighted by Gasteiger charge is 2.31. The topological polar surface area (TPSA) is 67.9 Å². The number of benzene rings is 2. The molecule has 2 aliphatic heterocycles. The predicted molar refractivity (Wildman–Crippen MR) is 97.5 cm³/mol. The number of para-hydroxylation sites is 2. The molecule has 6 heteroatoms. The van der Waals surface area contributed by atoms with Crippen molar-refractivity contribution in [3.05, 3.63) is 59.7 Å².